The molecule has 0 aliphatic heterocycles. The lowest BCUT2D eigenvalue weighted by Gasteiger charge is -2.27. The molecule has 2 N–H and O–H groups in total. The van der Waals surface area contributed by atoms with Crippen molar-refractivity contribution in [2.45, 2.75) is 143 Å². The first kappa shape index (κ1) is 33.5. The Hall–Kier alpha value is -2.52. The first-order chi connectivity index (χ1) is 16.0. The van der Waals surface area contributed by atoms with Crippen LogP contribution >= 0.6 is 0 Å². The molecule has 0 heterocycles. The highest BCUT2D eigenvalue weighted by Gasteiger charge is 2.30. The Kier molecular flexibility index (Phi) is 12.2. The third-order valence-corrected chi connectivity index (χ3v) is 4.00. The van der Waals surface area contributed by atoms with Gasteiger partial charge >= 0.3 is 24.1 Å². The Balaban J connectivity index is 5.27. The van der Waals surface area contributed by atoms with Crippen LogP contribution in [-0.2, 0) is 28.5 Å². The Morgan fingerprint density at radius 2 is 0.750 bits per heavy atom. The predicted octanol–water partition coefficient (Wildman–Crippen LogP) is 5.02. The van der Waals surface area contributed by atoms with E-state index < -0.39 is 58.6 Å². The molecule has 2 unspecified atom stereocenters. The van der Waals surface area contributed by atoms with Gasteiger partial charge in [-0.15, -0.1) is 0 Å². The lowest BCUT2D eigenvalue weighted by molar-refractivity contribution is -0.159. The highest BCUT2D eigenvalue weighted by molar-refractivity contribution is 5.82. The zero-order chi connectivity index (χ0) is 28.5. The fourth-order valence-electron chi connectivity index (χ4n) is 2.84. The van der Waals surface area contributed by atoms with Crippen molar-refractivity contribution in [1.82, 2.24) is 10.6 Å². The molecule has 0 aromatic carbocycles. The Morgan fingerprint density at radius 1 is 0.500 bits per heavy atom. The third kappa shape index (κ3) is 17.8. The van der Waals surface area contributed by atoms with Gasteiger partial charge in [-0.2, -0.15) is 0 Å². The van der Waals surface area contributed by atoms with Crippen LogP contribution in [0.25, 0.3) is 0 Å². The summed E-state index contributed by atoms with van der Waals surface area (Å²) in [6.45, 7) is 20.8. The maximum absolute atomic E-state index is 12.7. The number of amides is 2. The molecule has 0 fully saturated rings. The van der Waals surface area contributed by atoms with Crippen LogP contribution in [-0.4, -0.2) is 58.6 Å². The zero-order valence-electron chi connectivity index (χ0n) is 24.2. The Labute approximate surface area is 216 Å². The number of esters is 2. The summed E-state index contributed by atoms with van der Waals surface area (Å²) < 4.78 is 21.4. The van der Waals surface area contributed by atoms with Gasteiger partial charge in [-0.05, 0) is 95.9 Å². The molecule has 0 aliphatic carbocycles. The van der Waals surface area contributed by atoms with Crippen molar-refractivity contribution in [3.63, 3.8) is 0 Å². The number of nitrogens with one attached hydrogen (secondary N) is 2. The second-order valence-corrected chi connectivity index (χ2v) is 12.7. The minimum absolute atomic E-state index is 0.252. The molecule has 210 valence electrons. The molecular weight excluding hydrogens is 468 g/mol. The zero-order valence-corrected chi connectivity index (χ0v) is 24.2. The summed E-state index contributed by atoms with van der Waals surface area (Å²) >= 11 is 0. The van der Waals surface area contributed by atoms with Crippen LogP contribution in [0.1, 0.15) is 109 Å². The smallest absolute Gasteiger partial charge is 0.408 e. The summed E-state index contributed by atoms with van der Waals surface area (Å²) in [6, 6.07) is -1.87. The summed E-state index contributed by atoms with van der Waals surface area (Å²) in [5.74, 6) is -1.16. The number of ether oxygens (including phenoxy) is 4. The maximum atomic E-state index is 12.7. The lowest BCUT2D eigenvalue weighted by atomic mass is 10.0. The number of carbonyl (C=O) groups is 4. The van der Waals surface area contributed by atoms with Crippen LogP contribution < -0.4 is 10.6 Å². The van der Waals surface area contributed by atoms with E-state index in [2.05, 4.69) is 10.6 Å². The van der Waals surface area contributed by atoms with Gasteiger partial charge in [0.1, 0.15) is 34.5 Å². The molecule has 2 atom stereocenters. The normalized spacial score (nSPS) is 14.2. The number of carbonyl (C=O) groups excluding carboxylic acids is 4. The van der Waals surface area contributed by atoms with Gasteiger partial charge in [0.2, 0.25) is 0 Å². The van der Waals surface area contributed by atoms with Crippen LogP contribution in [0.2, 0.25) is 0 Å². The van der Waals surface area contributed by atoms with Crippen molar-refractivity contribution in [2.75, 3.05) is 0 Å². The van der Waals surface area contributed by atoms with E-state index in [-0.39, 0.29) is 12.8 Å². The topological polar surface area (TPSA) is 129 Å². The van der Waals surface area contributed by atoms with E-state index in [4.69, 9.17) is 18.9 Å². The second-order valence-electron chi connectivity index (χ2n) is 12.7. The van der Waals surface area contributed by atoms with Crippen molar-refractivity contribution in [2.24, 2.45) is 0 Å². The summed E-state index contributed by atoms with van der Waals surface area (Å²) in [5.41, 5.74) is -2.92. The number of alkyl carbamates (subject to hydrolysis) is 2. The molecule has 0 spiro atoms. The van der Waals surface area contributed by atoms with Gasteiger partial charge in [-0.3, -0.25) is 0 Å². The minimum Gasteiger partial charge on any atom is -0.458 e. The molecule has 0 aromatic heterocycles. The van der Waals surface area contributed by atoms with Crippen molar-refractivity contribution >= 4 is 24.1 Å². The summed E-state index contributed by atoms with van der Waals surface area (Å²) in [7, 11) is 0. The molecule has 0 saturated carbocycles. The molecule has 0 bridgehead atoms. The predicted molar refractivity (Wildman–Crippen MR) is 136 cm³/mol. The van der Waals surface area contributed by atoms with E-state index in [0.29, 0.717) is 12.8 Å². The van der Waals surface area contributed by atoms with E-state index in [1.807, 2.05) is 0 Å². The lowest BCUT2D eigenvalue weighted by Crippen LogP contribution is -2.46. The first-order valence-corrected chi connectivity index (χ1v) is 12.4. The average molecular weight is 517 g/mol. The highest BCUT2D eigenvalue weighted by Crippen LogP contribution is 2.17. The molecule has 36 heavy (non-hydrogen) atoms. The molecule has 2 amide bonds. The molecule has 0 aliphatic rings. The van der Waals surface area contributed by atoms with E-state index in [0.717, 1.165) is 0 Å². The molecule has 10 nitrogen and oxygen atoms in total. The standard InChI is InChI=1S/C26H48N2O8/c1-23(2,3)33-19(29)17(27-21(31)35-25(7,8)9)15-13-14-16-18(20(30)34-24(4,5)6)28-22(32)36-26(10,11)12/h17-18H,13-16H2,1-12H3,(H,27,31)(H,28,32). The van der Waals surface area contributed by atoms with Crippen LogP contribution in [0.4, 0.5) is 9.59 Å². The monoisotopic (exact) mass is 516 g/mol. The van der Waals surface area contributed by atoms with Gasteiger partial charge in [0.15, 0.2) is 0 Å². The number of unbranched alkanes of at least 4 members (excludes halogenated alkanes) is 1. The molecule has 10 heteroatoms. The van der Waals surface area contributed by atoms with E-state index in [9.17, 15) is 19.2 Å². The minimum atomic E-state index is -0.933. The van der Waals surface area contributed by atoms with Crippen LogP contribution in [0.15, 0.2) is 0 Å². The summed E-state index contributed by atoms with van der Waals surface area (Å²) in [4.78, 5) is 49.9. The quantitative estimate of drug-likeness (QED) is 0.248. The largest absolute Gasteiger partial charge is 0.458 e. The third-order valence-electron chi connectivity index (χ3n) is 4.00. The Morgan fingerprint density at radius 3 is 0.972 bits per heavy atom. The molecule has 0 radical (unpaired) electrons. The molecular formula is C26H48N2O8. The van der Waals surface area contributed by atoms with Crippen molar-refractivity contribution in [1.29, 1.82) is 0 Å². The van der Waals surface area contributed by atoms with Gasteiger partial charge in [0, 0.05) is 0 Å². The van der Waals surface area contributed by atoms with Gasteiger partial charge in [-0.25, -0.2) is 19.2 Å². The SMILES string of the molecule is CC(C)(C)OC(=O)NC(CCCCC(NC(=O)OC(C)(C)C)C(=O)OC(C)(C)C)C(=O)OC(C)(C)C. The van der Waals surface area contributed by atoms with Gasteiger partial charge in [0.05, 0.1) is 0 Å². The van der Waals surface area contributed by atoms with Crippen molar-refractivity contribution in [3.05, 3.63) is 0 Å². The van der Waals surface area contributed by atoms with Gasteiger partial charge < -0.3 is 29.6 Å². The number of hydrogen-bond donors (Lipinski definition) is 2. The van der Waals surface area contributed by atoms with Crippen LogP contribution in [0.3, 0.4) is 0 Å². The van der Waals surface area contributed by atoms with Crippen molar-refractivity contribution < 1.29 is 38.1 Å². The van der Waals surface area contributed by atoms with Crippen molar-refractivity contribution in [3.8, 4) is 0 Å². The average Bonchev–Trinajstić information content (AvgIpc) is 2.56. The highest BCUT2D eigenvalue weighted by atomic mass is 16.6. The van der Waals surface area contributed by atoms with Gasteiger partial charge in [0.25, 0.3) is 0 Å². The fourth-order valence-corrected chi connectivity index (χ4v) is 2.84. The van der Waals surface area contributed by atoms with E-state index in [1.54, 1.807) is 83.1 Å². The Bertz CT molecular complexity index is 688. The molecule has 0 aromatic rings. The molecule has 0 rings (SSSR count). The summed E-state index contributed by atoms with van der Waals surface area (Å²) in [5, 5.41) is 5.16. The fraction of sp³-hybridized carbons (Fsp3) is 0.846. The molecule has 0 saturated heterocycles. The van der Waals surface area contributed by atoms with E-state index in [1.165, 1.54) is 0 Å². The number of rotatable bonds is 9. The van der Waals surface area contributed by atoms with E-state index >= 15 is 0 Å². The van der Waals surface area contributed by atoms with Crippen LogP contribution in [0.5, 0.6) is 0 Å². The first-order valence-electron chi connectivity index (χ1n) is 12.4. The summed E-state index contributed by atoms with van der Waals surface area (Å²) in [6.07, 6.45) is -0.0408. The van der Waals surface area contributed by atoms with Gasteiger partial charge in [-0.1, -0.05) is 12.8 Å². The maximum Gasteiger partial charge on any atom is 0.408 e. The van der Waals surface area contributed by atoms with Crippen LogP contribution in [0, 0.1) is 0 Å². The second kappa shape index (κ2) is 13.1. The number of hydrogen-bond acceptors (Lipinski definition) is 8.